The van der Waals surface area contributed by atoms with Crippen LogP contribution in [0.4, 0.5) is 5.69 Å². The third-order valence-corrected chi connectivity index (χ3v) is 3.35. The van der Waals surface area contributed by atoms with Gasteiger partial charge in [0.1, 0.15) is 11.8 Å². The fraction of sp³-hybridized carbons (Fsp3) is 0.429. The largest absolute Gasteiger partial charge is 0.497 e. The zero-order valence-electron chi connectivity index (χ0n) is 11.3. The summed E-state index contributed by atoms with van der Waals surface area (Å²) in [5, 5.41) is 11.8. The number of benzene rings is 1. The number of likely N-dealkylation sites (tertiary alicyclic amines) is 1. The van der Waals surface area contributed by atoms with Gasteiger partial charge >= 0.3 is 5.97 Å². The second-order valence-electron chi connectivity index (χ2n) is 4.75. The molecular formula is C14H18N2O4. The van der Waals surface area contributed by atoms with Crippen molar-refractivity contribution in [3.63, 3.8) is 0 Å². The summed E-state index contributed by atoms with van der Waals surface area (Å²) in [6.07, 6.45) is 1.41. The smallest absolute Gasteiger partial charge is 0.320 e. The fourth-order valence-electron chi connectivity index (χ4n) is 2.38. The fourth-order valence-corrected chi connectivity index (χ4v) is 2.38. The number of methoxy groups -OCH3 is 1. The van der Waals surface area contributed by atoms with Crippen LogP contribution >= 0.6 is 0 Å². The minimum atomic E-state index is -0.864. The van der Waals surface area contributed by atoms with Crippen LogP contribution in [-0.2, 0) is 9.59 Å². The second-order valence-corrected chi connectivity index (χ2v) is 4.75. The lowest BCUT2D eigenvalue weighted by Gasteiger charge is -2.20. The maximum Gasteiger partial charge on any atom is 0.320 e. The van der Waals surface area contributed by atoms with Crippen LogP contribution in [-0.4, -0.2) is 48.1 Å². The van der Waals surface area contributed by atoms with Crippen molar-refractivity contribution in [3.05, 3.63) is 24.3 Å². The van der Waals surface area contributed by atoms with Crippen molar-refractivity contribution in [2.24, 2.45) is 0 Å². The molecule has 0 radical (unpaired) electrons. The van der Waals surface area contributed by atoms with Gasteiger partial charge in [0.05, 0.1) is 13.7 Å². The van der Waals surface area contributed by atoms with Crippen LogP contribution in [0.3, 0.4) is 0 Å². The summed E-state index contributed by atoms with van der Waals surface area (Å²) in [7, 11) is 1.56. The lowest BCUT2D eigenvalue weighted by Crippen LogP contribution is -2.40. The monoisotopic (exact) mass is 278 g/mol. The molecule has 1 saturated heterocycles. The van der Waals surface area contributed by atoms with Crippen LogP contribution in [0.1, 0.15) is 12.8 Å². The number of hydrogen-bond donors (Lipinski definition) is 2. The molecular weight excluding hydrogens is 260 g/mol. The topological polar surface area (TPSA) is 78.9 Å². The Balaban J connectivity index is 1.93. The summed E-state index contributed by atoms with van der Waals surface area (Å²) >= 11 is 0. The lowest BCUT2D eigenvalue weighted by molar-refractivity contribution is -0.142. The van der Waals surface area contributed by atoms with E-state index < -0.39 is 12.0 Å². The number of rotatable bonds is 5. The van der Waals surface area contributed by atoms with E-state index >= 15 is 0 Å². The number of nitrogens with one attached hydrogen (secondary N) is 1. The molecule has 0 saturated carbocycles. The van der Waals surface area contributed by atoms with Gasteiger partial charge in [-0.2, -0.15) is 0 Å². The van der Waals surface area contributed by atoms with E-state index in [2.05, 4.69) is 5.32 Å². The quantitative estimate of drug-likeness (QED) is 0.845. The Morgan fingerprint density at radius 3 is 3.00 bits per heavy atom. The molecule has 2 N–H and O–H groups in total. The Morgan fingerprint density at radius 2 is 2.30 bits per heavy atom. The van der Waals surface area contributed by atoms with Crippen LogP contribution in [0.25, 0.3) is 0 Å². The second kappa shape index (κ2) is 6.38. The number of aliphatic carboxylic acids is 1. The van der Waals surface area contributed by atoms with Crippen molar-refractivity contribution in [1.29, 1.82) is 0 Å². The summed E-state index contributed by atoms with van der Waals surface area (Å²) < 4.78 is 5.08. The Kier molecular flexibility index (Phi) is 4.57. The van der Waals surface area contributed by atoms with Crippen molar-refractivity contribution < 1.29 is 19.4 Å². The molecule has 0 unspecified atom stereocenters. The van der Waals surface area contributed by atoms with Gasteiger partial charge in [-0.3, -0.25) is 14.5 Å². The lowest BCUT2D eigenvalue weighted by atomic mass is 10.2. The average molecular weight is 278 g/mol. The highest BCUT2D eigenvalue weighted by Gasteiger charge is 2.31. The Hall–Kier alpha value is -2.08. The molecule has 0 spiro atoms. The van der Waals surface area contributed by atoms with Crippen LogP contribution < -0.4 is 10.1 Å². The van der Waals surface area contributed by atoms with E-state index in [0.29, 0.717) is 24.4 Å². The Bertz CT molecular complexity index is 504. The van der Waals surface area contributed by atoms with Crippen molar-refractivity contribution in [2.75, 3.05) is 25.5 Å². The van der Waals surface area contributed by atoms with E-state index in [1.807, 2.05) is 0 Å². The first kappa shape index (κ1) is 14.3. The third-order valence-electron chi connectivity index (χ3n) is 3.35. The summed E-state index contributed by atoms with van der Waals surface area (Å²) in [5.74, 6) is -0.421. The van der Waals surface area contributed by atoms with E-state index in [4.69, 9.17) is 9.84 Å². The highest BCUT2D eigenvalue weighted by atomic mass is 16.5. The maximum absolute atomic E-state index is 11.9. The SMILES string of the molecule is COc1cccc(NC(=O)CN2CCC[C@H]2C(=O)O)c1. The Labute approximate surface area is 117 Å². The summed E-state index contributed by atoms with van der Waals surface area (Å²) in [6, 6.07) is 6.50. The maximum atomic E-state index is 11.9. The molecule has 1 atom stereocenters. The van der Waals surface area contributed by atoms with Crippen molar-refractivity contribution >= 4 is 17.6 Å². The van der Waals surface area contributed by atoms with Crippen LogP contribution in [0.5, 0.6) is 5.75 Å². The number of anilines is 1. The normalized spacial score (nSPS) is 18.8. The van der Waals surface area contributed by atoms with E-state index in [1.165, 1.54) is 0 Å². The predicted octanol–water partition coefficient (Wildman–Crippen LogP) is 1.18. The summed E-state index contributed by atoms with van der Waals surface area (Å²) in [5.41, 5.74) is 0.639. The predicted molar refractivity (Wildman–Crippen MR) is 73.9 cm³/mol. The molecule has 6 nitrogen and oxygen atoms in total. The number of nitrogens with zero attached hydrogens (tertiary/aromatic N) is 1. The molecule has 1 aliphatic rings. The first-order valence-corrected chi connectivity index (χ1v) is 6.51. The highest BCUT2D eigenvalue weighted by Crippen LogP contribution is 2.19. The summed E-state index contributed by atoms with van der Waals surface area (Å²) in [6.45, 7) is 0.733. The molecule has 2 rings (SSSR count). The average Bonchev–Trinajstić information content (AvgIpc) is 2.87. The van der Waals surface area contributed by atoms with Crippen LogP contribution in [0.15, 0.2) is 24.3 Å². The van der Waals surface area contributed by atoms with Crippen molar-refractivity contribution in [3.8, 4) is 5.75 Å². The number of carboxylic acid groups (broad SMARTS) is 1. The van der Waals surface area contributed by atoms with Gasteiger partial charge in [-0.1, -0.05) is 6.07 Å². The van der Waals surface area contributed by atoms with Crippen molar-refractivity contribution in [2.45, 2.75) is 18.9 Å². The van der Waals surface area contributed by atoms with Gasteiger partial charge in [0.2, 0.25) is 5.91 Å². The molecule has 1 amide bonds. The number of carbonyl (C=O) groups excluding carboxylic acids is 1. The molecule has 1 aliphatic heterocycles. The molecule has 1 aromatic carbocycles. The van der Waals surface area contributed by atoms with Gasteiger partial charge < -0.3 is 15.2 Å². The minimum absolute atomic E-state index is 0.0914. The highest BCUT2D eigenvalue weighted by molar-refractivity contribution is 5.92. The van der Waals surface area contributed by atoms with Gasteiger partial charge in [0.15, 0.2) is 0 Å². The molecule has 0 aromatic heterocycles. The number of hydrogen-bond acceptors (Lipinski definition) is 4. The number of carbonyl (C=O) groups is 2. The molecule has 20 heavy (non-hydrogen) atoms. The minimum Gasteiger partial charge on any atom is -0.497 e. The standard InChI is InChI=1S/C14H18N2O4/c1-20-11-5-2-4-10(8-11)15-13(17)9-16-7-3-6-12(16)14(18)19/h2,4-5,8,12H,3,6-7,9H2,1H3,(H,15,17)(H,18,19)/t12-/m0/s1. The van der Waals surface area contributed by atoms with Gasteiger partial charge in [-0.25, -0.2) is 0 Å². The zero-order chi connectivity index (χ0) is 14.5. The molecule has 0 aliphatic carbocycles. The molecule has 1 heterocycles. The van der Waals surface area contributed by atoms with Gasteiger partial charge in [-0.15, -0.1) is 0 Å². The van der Waals surface area contributed by atoms with E-state index in [-0.39, 0.29) is 12.5 Å². The first-order valence-electron chi connectivity index (χ1n) is 6.51. The zero-order valence-corrected chi connectivity index (χ0v) is 11.3. The molecule has 108 valence electrons. The van der Waals surface area contributed by atoms with E-state index in [9.17, 15) is 9.59 Å². The van der Waals surface area contributed by atoms with Gasteiger partial charge in [0.25, 0.3) is 0 Å². The van der Waals surface area contributed by atoms with Gasteiger partial charge in [0, 0.05) is 11.8 Å². The Morgan fingerprint density at radius 1 is 1.50 bits per heavy atom. The van der Waals surface area contributed by atoms with Crippen molar-refractivity contribution in [1.82, 2.24) is 4.90 Å². The van der Waals surface area contributed by atoms with E-state index in [0.717, 1.165) is 6.42 Å². The van der Waals surface area contributed by atoms with Crippen LogP contribution in [0.2, 0.25) is 0 Å². The molecule has 1 aromatic rings. The summed E-state index contributed by atoms with van der Waals surface area (Å²) in [4.78, 5) is 24.7. The van der Waals surface area contributed by atoms with E-state index in [1.54, 1.807) is 36.3 Å². The number of amides is 1. The molecule has 6 heteroatoms. The number of carboxylic acids is 1. The molecule has 1 fully saturated rings. The molecule has 0 bridgehead atoms. The first-order chi connectivity index (χ1) is 9.60. The number of ether oxygens (including phenoxy) is 1. The third kappa shape index (κ3) is 3.48. The van der Waals surface area contributed by atoms with Gasteiger partial charge in [-0.05, 0) is 31.5 Å². The van der Waals surface area contributed by atoms with Crippen LogP contribution in [0, 0.1) is 0 Å².